The van der Waals surface area contributed by atoms with E-state index in [1.54, 1.807) is 0 Å². The van der Waals surface area contributed by atoms with Crippen LogP contribution >= 0.6 is 0 Å². The van der Waals surface area contributed by atoms with E-state index in [0.717, 1.165) is 31.8 Å². The number of aliphatic hydroxyl groups excluding tert-OH is 1. The second kappa shape index (κ2) is 3.33. The van der Waals surface area contributed by atoms with Gasteiger partial charge < -0.3 is 14.9 Å². The molecule has 0 unspecified atom stereocenters. The van der Waals surface area contributed by atoms with Gasteiger partial charge in [0.05, 0.1) is 6.10 Å². The Hall–Kier alpha value is -0.740. The van der Waals surface area contributed by atoms with E-state index in [4.69, 9.17) is 9.78 Å². The van der Waals surface area contributed by atoms with Crippen LogP contribution < -0.4 is 0 Å². The predicted octanol–water partition coefficient (Wildman–Crippen LogP) is 0.246. The lowest BCUT2D eigenvalue weighted by Gasteiger charge is -2.30. The summed E-state index contributed by atoms with van der Waals surface area (Å²) < 4.78 is 0. The molecule has 0 spiro atoms. The number of piperidine rings is 1. The van der Waals surface area contributed by atoms with Crippen molar-refractivity contribution in [3.05, 3.63) is 12.0 Å². The molecular formula is C8H13NO3. The van der Waals surface area contributed by atoms with E-state index < -0.39 is 0 Å². The van der Waals surface area contributed by atoms with Gasteiger partial charge in [0.1, 0.15) is 6.61 Å². The average Bonchev–Trinajstić information content (AvgIpc) is 2.58. The molecule has 1 fully saturated rings. The molecule has 68 valence electrons. The predicted molar refractivity (Wildman–Crippen MR) is 41.9 cm³/mol. The summed E-state index contributed by atoms with van der Waals surface area (Å²) in [6.45, 7) is 2.25. The van der Waals surface area contributed by atoms with Crippen LogP contribution in [0.3, 0.4) is 0 Å². The number of likely N-dealkylation sites (tertiary alicyclic amines) is 1. The van der Waals surface area contributed by atoms with E-state index >= 15 is 0 Å². The lowest BCUT2D eigenvalue weighted by Crippen LogP contribution is -2.35. The highest BCUT2D eigenvalue weighted by atomic mass is 17.2. The Bertz CT molecular complexity index is 185. The van der Waals surface area contributed by atoms with Gasteiger partial charge in [-0.05, 0) is 12.8 Å². The maximum Gasteiger partial charge on any atom is 0.231 e. The summed E-state index contributed by atoms with van der Waals surface area (Å²) >= 11 is 0. The van der Waals surface area contributed by atoms with Crippen molar-refractivity contribution in [2.75, 3.05) is 19.7 Å². The fourth-order valence-corrected chi connectivity index (χ4v) is 1.50. The van der Waals surface area contributed by atoms with Crippen LogP contribution in [0.15, 0.2) is 12.0 Å². The van der Waals surface area contributed by atoms with Gasteiger partial charge in [0.15, 0.2) is 0 Å². The molecule has 2 heterocycles. The molecule has 4 nitrogen and oxygen atoms in total. The molecular weight excluding hydrogens is 158 g/mol. The maximum absolute atomic E-state index is 9.25. The van der Waals surface area contributed by atoms with Crippen LogP contribution in [0.2, 0.25) is 0 Å². The lowest BCUT2D eigenvalue weighted by atomic mass is 10.1. The van der Waals surface area contributed by atoms with E-state index in [2.05, 4.69) is 4.90 Å². The van der Waals surface area contributed by atoms with Crippen molar-refractivity contribution < 1.29 is 14.9 Å². The summed E-state index contributed by atoms with van der Waals surface area (Å²) in [6.07, 6.45) is 3.42. The molecule has 0 aromatic rings. The van der Waals surface area contributed by atoms with Crippen molar-refractivity contribution in [3.63, 3.8) is 0 Å². The molecule has 1 saturated heterocycles. The van der Waals surface area contributed by atoms with Gasteiger partial charge in [-0.15, -0.1) is 0 Å². The normalized spacial score (nSPS) is 25.4. The minimum atomic E-state index is -0.135. The second-order valence-electron chi connectivity index (χ2n) is 3.13. The number of hydrogen-bond donors (Lipinski definition) is 1. The third-order valence-electron chi connectivity index (χ3n) is 2.25. The minimum Gasteiger partial charge on any atom is -0.393 e. The summed E-state index contributed by atoms with van der Waals surface area (Å²) in [5, 5.41) is 9.25. The van der Waals surface area contributed by atoms with Gasteiger partial charge in [0.2, 0.25) is 5.88 Å². The first kappa shape index (κ1) is 7.89. The molecule has 12 heavy (non-hydrogen) atoms. The first-order valence-corrected chi connectivity index (χ1v) is 4.29. The SMILES string of the molecule is OC1CCN(C2=CCOO2)CC1. The highest BCUT2D eigenvalue weighted by Gasteiger charge is 2.22. The van der Waals surface area contributed by atoms with Crippen molar-refractivity contribution in [2.24, 2.45) is 0 Å². The van der Waals surface area contributed by atoms with E-state index in [-0.39, 0.29) is 6.10 Å². The van der Waals surface area contributed by atoms with Crippen LogP contribution in [0.4, 0.5) is 0 Å². The zero-order valence-corrected chi connectivity index (χ0v) is 6.90. The van der Waals surface area contributed by atoms with Gasteiger partial charge in [-0.25, -0.2) is 0 Å². The summed E-state index contributed by atoms with van der Waals surface area (Å²) in [5.41, 5.74) is 0. The number of aliphatic hydroxyl groups is 1. The van der Waals surface area contributed by atoms with E-state index in [9.17, 15) is 5.11 Å². The monoisotopic (exact) mass is 171 g/mol. The van der Waals surface area contributed by atoms with Crippen LogP contribution in [0, 0.1) is 0 Å². The van der Waals surface area contributed by atoms with Crippen molar-refractivity contribution in [2.45, 2.75) is 18.9 Å². The molecule has 0 aliphatic carbocycles. The quantitative estimate of drug-likeness (QED) is 0.574. The van der Waals surface area contributed by atoms with Gasteiger partial charge in [-0.1, -0.05) is 0 Å². The highest BCUT2D eigenvalue weighted by Crippen LogP contribution is 2.18. The Morgan fingerprint density at radius 3 is 2.75 bits per heavy atom. The first-order valence-electron chi connectivity index (χ1n) is 4.29. The number of hydrogen-bond acceptors (Lipinski definition) is 4. The standard InChI is InChI=1S/C8H13NO3/c10-7-1-4-9(5-2-7)8-3-6-11-12-8/h3,7,10H,1-2,4-6H2. The molecule has 0 aromatic heterocycles. The zero-order chi connectivity index (χ0) is 8.39. The average molecular weight is 171 g/mol. The molecule has 1 N–H and O–H groups in total. The molecule has 0 atom stereocenters. The molecule has 4 heteroatoms. The summed E-state index contributed by atoms with van der Waals surface area (Å²) in [7, 11) is 0. The fourth-order valence-electron chi connectivity index (χ4n) is 1.50. The molecule has 0 radical (unpaired) electrons. The van der Waals surface area contributed by atoms with Crippen LogP contribution in [0.25, 0.3) is 0 Å². The van der Waals surface area contributed by atoms with Crippen LogP contribution in [-0.4, -0.2) is 35.8 Å². The van der Waals surface area contributed by atoms with Gasteiger partial charge >= 0.3 is 0 Å². The highest BCUT2D eigenvalue weighted by molar-refractivity contribution is 4.96. The van der Waals surface area contributed by atoms with Crippen molar-refractivity contribution in [1.29, 1.82) is 0 Å². The van der Waals surface area contributed by atoms with Crippen LogP contribution in [0.1, 0.15) is 12.8 Å². The Kier molecular flexibility index (Phi) is 2.19. The first-order chi connectivity index (χ1) is 5.86. The Labute approximate surface area is 71.3 Å². The number of nitrogens with zero attached hydrogens (tertiary/aromatic N) is 1. The topological polar surface area (TPSA) is 41.9 Å². The third-order valence-corrected chi connectivity index (χ3v) is 2.25. The zero-order valence-electron chi connectivity index (χ0n) is 6.90. The lowest BCUT2D eigenvalue weighted by molar-refractivity contribution is -0.250. The second-order valence-corrected chi connectivity index (χ2v) is 3.13. The third kappa shape index (κ3) is 1.54. The van der Waals surface area contributed by atoms with E-state index in [1.165, 1.54) is 0 Å². The Balaban J connectivity index is 1.88. The van der Waals surface area contributed by atoms with Crippen LogP contribution in [0.5, 0.6) is 0 Å². The Morgan fingerprint density at radius 1 is 1.42 bits per heavy atom. The van der Waals surface area contributed by atoms with Crippen molar-refractivity contribution in [1.82, 2.24) is 4.90 Å². The van der Waals surface area contributed by atoms with E-state index in [0.29, 0.717) is 6.61 Å². The molecule has 2 aliphatic heterocycles. The largest absolute Gasteiger partial charge is 0.393 e. The van der Waals surface area contributed by atoms with E-state index in [1.807, 2.05) is 6.08 Å². The maximum atomic E-state index is 9.25. The molecule has 0 aromatic carbocycles. The van der Waals surface area contributed by atoms with Gasteiger partial charge in [-0.2, -0.15) is 4.89 Å². The molecule has 0 saturated carbocycles. The minimum absolute atomic E-state index is 0.135. The van der Waals surface area contributed by atoms with Crippen molar-refractivity contribution in [3.8, 4) is 0 Å². The van der Waals surface area contributed by atoms with Gasteiger partial charge in [0.25, 0.3) is 0 Å². The summed E-state index contributed by atoms with van der Waals surface area (Å²) in [5.74, 6) is 0.807. The summed E-state index contributed by atoms with van der Waals surface area (Å²) in [6, 6.07) is 0. The van der Waals surface area contributed by atoms with Gasteiger partial charge in [0, 0.05) is 19.2 Å². The Morgan fingerprint density at radius 2 is 2.17 bits per heavy atom. The molecule has 2 rings (SSSR count). The molecule has 0 amide bonds. The van der Waals surface area contributed by atoms with Crippen molar-refractivity contribution >= 4 is 0 Å². The fraction of sp³-hybridized carbons (Fsp3) is 0.750. The molecule has 2 aliphatic rings. The van der Waals surface area contributed by atoms with Gasteiger partial charge in [-0.3, -0.25) is 0 Å². The van der Waals surface area contributed by atoms with Crippen LogP contribution in [-0.2, 0) is 9.78 Å². The summed E-state index contributed by atoms with van der Waals surface area (Å²) in [4.78, 5) is 11.8. The number of rotatable bonds is 1. The molecule has 0 bridgehead atoms. The smallest absolute Gasteiger partial charge is 0.231 e.